The van der Waals surface area contributed by atoms with E-state index in [-0.39, 0.29) is 47.5 Å². The average molecular weight is 416 g/mol. The van der Waals surface area contributed by atoms with Crippen LogP contribution in [-0.2, 0) is 14.4 Å². The molecule has 1 aliphatic carbocycles. The Morgan fingerprint density at radius 3 is 2.37 bits per heavy atom. The fourth-order valence-electron chi connectivity index (χ4n) is 5.21. The van der Waals surface area contributed by atoms with Crippen LogP contribution in [0.1, 0.15) is 46.5 Å². The number of carbonyl (C=O) groups is 3. The predicted molar refractivity (Wildman–Crippen MR) is 108 cm³/mol. The first-order chi connectivity index (χ1) is 14.1. The van der Waals surface area contributed by atoms with E-state index < -0.39 is 5.41 Å². The number of halogens is 1. The minimum atomic E-state index is -0.595. The highest BCUT2D eigenvalue weighted by Crippen LogP contribution is 2.59. The molecule has 0 N–H and O–H groups in total. The Kier molecular flexibility index (Phi) is 5.11. The molecule has 2 bridgehead atoms. The SMILES string of the molecule is CC12CCC(C(=O)N(CC(=O)N3CCC(Oc4ccc(F)cc4)CC3)C1=O)C2(C)C. The molecule has 1 aromatic rings. The summed E-state index contributed by atoms with van der Waals surface area (Å²) in [5.74, 6) is -0.522. The number of likely N-dealkylation sites (tertiary alicyclic amines) is 2. The second-order valence-electron chi connectivity index (χ2n) is 9.53. The van der Waals surface area contributed by atoms with Crippen molar-refractivity contribution < 1.29 is 23.5 Å². The van der Waals surface area contributed by atoms with E-state index in [2.05, 4.69) is 0 Å². The highest BCUT2D eigenvalue weighted by molar-refractivity contribution is 6.06. The van der Waals surface area contributed by atoms with E-state index in [4.69, 9.17) is 4.74 Å². The monoisotopic (exact) mass is 416 g/mol. The Hall–Kier alpha value is -2.44. The van der Waals surface area contributed by atoms with Gasteiger partial charge < -0.3 is 9.64 Å². The number of ether oxygens (including phenoxy) is 1. The number of fused-ring (bicyclic) bond motifs is 2. The van der Waals surface area contributed by atoms with Crippen LogP contribution in [0.3, 0.4) is 0 Å². The first-order valence-electron chi connectivity index (χ1n) is 10.7. The molecule has 3 aliphatic rings. The van der Waals surface area contributed by atoms with Gasteiger partial charge in [-0.2, -0.15) is 0 Å². The minimum Gasteiger partial charge on any atom is -0.490 e. The quantitative estimate of drug-likeness (QED) is 0.708. The van der Waals surface area contributed by atoms with Gasteiger partial charge >= 0.3 is 0 Å². The second kappa shape index (κ2) is 7.36. The van der Waals surface area contributed by atoms with Gasteiger partial charge in [-0.3, -0.25) is 19.3 Å². The molecule has 2 heterocycles. The molecule has 6 nitrogen and oxygen atoms in total. The molecular formula is C23H29FN2O4. The maximum atomic E-state index is 13.1. The lowest BCUT2D eigenvalue weighted by Gasteiger charge is -2.47. The third-order valence-electron chi connectivity index (χ3n) is 7.71. The van der Waals surface area contributed by atoms with Crippen LogP contribution in [0, 0.1) is 22.6 Å². The van der Waals surface area contributed by atoms with Crippen LogP contribution in [0.5, 0.6) is 5.75 Å². The van der Waals surface area contributed by atoms with Gasteiger partial charge in [-0.1, -0.05) is 20.8 Å². The maximum absolute atomic E-state index is 13.1. The minimum absolute atomic E-state index is 0.0479. The fraction of sp³-hybridized carbons (Fsp3) is 0.609. The summed E-state index contributed by atoms with van der Waals surface area (Å²) in [5.41, 5.74) is -0.974. The molecule has 30 heavy (non-hydrogen) atoms. The first kappa shape index (κ1) is 20.8. The van der Waals surface area contributed by atoms with E-state index in [0.29, 0.717) is 44.5 Å². The summed E-state index contributed by atoms with van der Waals surface area (Å²) in [6.45, 7) is 6.75. The van der Waals surface area contributed by atoms with E-state index in [0.717, 1.165) is 0 Å². The number of hydrogen-bond donors (Lipinski definition) is 0. The topological polar surface area (TPSA) is 66.9 Å². The third kappa shape index (κ3) is 3.28. The first-order valence-corrected chi connectivity index (χ1v) is 10.7. The number of nitrogens with zero attached hydrogens (tertiary/aromatic N) is 2. The summed E-state index contributed by atoms with van der Waals surface area (Å²) in [7, 11) is 0. The predicted octanol–water partition coefficient (Wildman–Crippen LogP) is 3.01. The maximum Gasteiger partial charge on any atom is 0.242 e. The second-order valence-corrected chi connectivity index (χ2v) is 9.53. The van der Waals surface area contributed by atoms with Crippen molar-refractivity contribution in [2.24, 2.45) is 16.7 Å². The number of rotatable bonds is 4. The van der Waals surface area contributed by atoms with Crippen molar-refractivity contribution >= 4 is 17.7 Å². The lowest BCUT2D eigenvalue weighted by molar-refractivity contribution is -0.170. The van der Waals surface area contributed by atoms with E-state index in [1.165, 1.54) is 17.0 Å². The van der Waals surface area contributed by atoms with Crippen molar-refractivity contribution in [3.8, 4) is 5.75 Å². The average Bonchev–Trinajstić information content (AvgIpc) is 2.91. The van der Waals surface area contributed by atoms with E-state index in [9.17, 15) is 18.8 Å². The van der Waals surface area contributed by atoms with Crippen molar-refractivity contribution in [3.63, 3.8) is 0 Å². The van der Waals surface area contributed by atoms with Gasteiger partial charge in [0.2, 0.25) is 17.7 Å². The molecule has 7 heteroatoms. The van der Waals surface area contributed by atoms with Gasteiger partial charge in [0.15, 0.2) is 0 Å². The van der Waals surface area contributed by atoms with Crippen LogP contribution < -0.4 is 4.74 Å². The fourth-order valence-corrected chi connectivity index (χ4v) is 5.21. The number of benzene rings is 1. The number of imide groups is 1. The summed E-state index contributed by atoms with van der Waals surface area (Å²) >= 11 is 0. The Bertz CT molecular complexity index is 860. The van der Waals surface area contributed by atoms with Gasteiger partial charge in [-0.05, 0) is 42.5 Å². The number of carbonyl (C=O) groups excluding carboxylic acids is 3. The molecule has 0 aromatic heterocycles. The molecule has 2 aliphatic heterocycles. The number of amides is 3. The zero-order chi connectivity index (χ0) is 21.7. The molecule has 2 saturated heterocycles. The summed E-state index contributed by atoms with van der Waals surface area (Å²) in [6, 6.07) is 5.90. The van der Waals surface area contributed by atoms with Crippen molar-refractivity contribution in [1.29, 1.82) is 0 Å². The lowest BCUT2D eigenvalue weighted by Crippen LogP contribution is -2.61. The lowest BCUT2D eigenvalue weighted by atomic mass is 9.62. The summed E-state index contributed by atoms with van der Waals surface area (Å²) in [5, 5.41) is 0. The van der Waals surface area contributed by atoms with Crippen molar-refractivity contribution in [2.45, 2.75) is 52.6 Å². The third-order valence-corrected chi connectivity index (χ3v) is 7.71. The van der Waals surface area contributed by atoms with E-state index in [1.807, 2.05) is 20.8 Å². The molecule has 2 unspecified atom stereocenters. The Morgan fingerprint density at radius 2 is 1.73 bits per heavy atom. The Labute approximate surface area is 176 Å². The Balaban J connectivity index is 1.34. The Morgan fingerprint density at radius 1 is 1.10 bits per heavy atom. The largest absolute Gasteiger partial charge is 0.490 e. The molecule has 3 amide bonds. The van der Waals surface area contributed by atoms with Gasteiger partial charge in [-0.15, -0.1) is 0 Å². The van der Waals surface area contributed by atoms with Crippen molar-refractivity contribution in [2.75, 3.05) is 19.6 Å². The highest BCUT2D eigenvalue weighted by Gasteiger charge is 2.64. The molecule has 1 saturated carbocycles. The van der Waals surface area contributed by atoms with E-state index >= 15 is 0 Å². The van der Waals surface area contributed by atoms with Crippen LogP contribution in [-0.4, -0.2) is 53.3 Å². The van der Waals surface area contributed by atoms with Gasteiger partial charge in [0, 0.05) is 31.8 Å². The summed E-state index contributed by atoms with van der Waals surface area (Å²) < 4.78 is 18.9. The molecule has 162 valence electrons. The normalized spacial score (nSPS) is 28.7. The number of piperidine rings is 2. The highest BCUT2D eigenvalue weighted by atomic mass is 19.1. The summed E-state index contributed by atoms with van der Waals surface area (Å²) in [4.78, 5) is 41.8. The zero-order valence-corrected chi connectivity index (χ0v) is 17.8. The molecule has 0 spiro atoms. The van der Waals surface area contributed by atoms with Crippen LogP contribution >= 0.6 is 0 Å². The van der Waals surface area contributed by atoms with Crippen LogP contribution in [0.4, 0.5) is 4.39 Å². The van der Waals surface area contributed by atoms with Gasteiger partial charge in [0.05, 0.1) is 5.41 Å². The number of hydrogen-bond acceptors (Lipinski definition) is 4. The zero-order valence-electron chi connectivity index (χ0n) is 17.8. The summed E-state index contributed by atoms with van der Waals surface area (Å²) in [6.07, 6.45) is 2.64. The molecule has 3 fully saturated rings. The molecule has 2 atom stereocenters. The van der Waals surface area contributed by atoms with Gasteiger partial charge in [0.1, 0.15) is 24.2 Å². The van der Waals surface area contributed by atoms with Gasteiger partial charge in [-0.25, -0.2) is 4.39 Å². The molecule has 1 aromatic carbocycles. The molecule has 4 rings (SSSR count). The van der Waals surface area contributed by atoms with Crippen molar-refractivity contribution in [1.82, 2.24) is 9.80 Å². The van der Waals surface area contributed by atoms with E-state index in [1.54, 1.807) is 17.0 Å². The van der Waals surface area contributed by atoms with Crippen molar-refractivity contribution in [3.05, 3.63) is 30.1 Å². The standard InChI is InChI=1S/C23H29FN2O4/c1-22(2)18-8-11-23(22,3)21(29)26(20(18)28)14-19(27)25-12-9-17(10-13-25)30-16-6-4-15(24)5-7-16/h4-7,17-18H,8-14H2,1-3H3. The molecular weight excluding hydrogens is 387 g/mol. The smallest absolute Gasteiger partial charge is 0.242 e. The van der Waals surface area contributed by atoms with Crippen LogP contribution in [0.15, 0.2) is 24.3 Å². The van der Waals surface area contributed by atoms with Gasteiger partial charge in [0.25, 0.3) is 0 Å². The van der Waals surface area contributed by atoms with Crippen LogP contribution in [0.2, 0.25) is 0 Å². The van der Waals surface area contributed by atoms with Crippen LogP contribution in [0.25, 0.3) is 0 Å². The molecule has 0 radical (unpaired) electrons.